The van der Waals surface area contributed by atoms with Crippen LogP contribution in [-0.4, -0.2) is 26.3 Å². The molecule has 1 N–H and O–H groups in total. The fourth-order valence-electron chi connectivity index (χ4n) is 4.34. The number of fused-ring (bicyclic) bond motifs is 1. The third kappa shape index (κ3) is 2.53. The van der Waals surface area contributed by atoms with Gasteiger partial charge in [-0.25, -0.2) is 9.67 Å². The molecule has 5 rings (SSSR count). The minimum atomic E-state index is -0.221. The summed E-state index contributed by atoms with van der Waals surface area (Å²) in [6.45, 7) is 5.27. The van der Waals surface area contributed by atoms with Crippen LogP contribution in [0.3, 0.4) is 0 Å². The van der Waals surface area contributed by atoms with E-state index in [0.29, 0.717) is 0 Å². The highest BCUT2D eigenvalue weighted by Gasteiger charge is 2.42. The van der Waals surface area contributed by atoms with Crippen LogP contribution in [0.4, 0.5) is 5.69 Å². The van der Waals surface area contributed by atoms with E-state index in [2.05, 4.69) is 46.2 Å². The zero-order valence-corrected chi connectivity index (χ0v) is 16.7. The number of nitrogens with zero attached hydrogens (tertiary/aromatic N) is 4. The summed E-state index contributed by atoms with van der Waals surface area (Å²) in [5.41, 5.74) is 5.03. The lowest BCUT2D eigenvalue weighted by molar-refractivity contribution is 0.466. The standard InChI is InChI=1S/C22H22ClN5/c1-15-16(23)9-10-17-20(15)26-21(25-17)22(2)11-5-13-27(22)18-7-3-4-8-19(18)28-14-6-12-24-28/h3-4,6-10,12,14H,5,11,13H2,1-2H3,(H,25,26)/t22-/m0/s1. The average molecular weight is 392 g/mol. The fraction of sp³-hybridized carbons (Fsp3) is 0.273. The van der Waals surface area contributed by atoms with E-state index in [1.54, 1.807) is 0 Å². The fourth-order valence-corrected chi connectivity index (χ4v) is 4.49. The van der Waals surface area contributed by atoms with Crippen molar-refractivity contribution in [3.63, 3.8) is 0 Å². The molecule has 28 heavy (non-hydrogen) atoms. The van der Waals surface area contributed by atoms with Crippen molar-refractivity contribution < 1.29 is 0 Å². The van der Waals surface area contributed by atoms with Crippen LogP contribution in [0.5, 0.6) is 0 Å². The van der Waals surface area contributed by atoms with E-state index in [9.17, 15) is 0 Å². The first-order chi connectivity index (χ1) is 13.6. The largest absolute Gasteiger partial charge is 0.357 e. The van der Waals surface area contributed by atoms with Crippen molar-refractivity contribution in [2.24, 2.45) is 0 Å². The Hall–Kier alpha value is -2.79. The zero-order chi connectivity index (χ0) is 19.3. The lowest BCUT2D eigenvalue weighted by Crippen LogP contribution is -2.40. The Kier molecular flexibility index (Phi) is 3.95. The Morgan fingerprint density at radius 1 is 1.11 bits per heavy atom. The van der Waals surface area contributed by atoms with Gasteiger partial charge in [0.25, 0.3) is 0 Å². The molecule has 0 saturated carbocycles. The number of anilines is 1. The Morgan fingerprint density at radius 2 is 1.93 bits per heavy atom. The lowest BCUT2D eigenvalue weighted by atomic mass is 9.97. The normalized spacial score (nSPS) is 19.6. The summed E-state index contributed by atoms with van der Waals surface area (Å²) < 4.78 is 1.93. The Bertz CT molecular complexity index is 1150. The van der Waals surface area contributed by atoms with Crippen molar-refractivity contribution in [2.75, 3.05) is 11.4 Å². The molecule has 0 unspecified atom stereocenters. The molecule has 0 radical (unpaired) electrons. The molecule has 142 valence electrons. The summed E-state index contributed by atoms with van der Waals surface area (Å²) >= 11 is 6.32. The smallest absolute Gasteiger partial charge is 0.132 e. The van der Waals surface area contributed by atoms with Gasteiger partial charge in [-0.05, 0) is 62.6 Å². The van der Waals surface area contributed by atoms with Gasteiger partial charge < -0.3 is 9.88 Å². The van der Waals surface area contributed by atoms with Gasteiger partial charge in [0.2, 0.25) is 0 Å². The van der Waals surface area contributed by atoms with Gasteiger partial charge in [0, 0.05) is 24.0 Å². The number of benzene rings is 2. The van der Waals surface area contributed by atoms with Crippen molar-refractivity contribution in [1.29, 1.82) is 0 Å². The van der Waals surface area contributed by atoms with Crippen LogP contribution in [-0.2, 0) is 5.54 Å². The zero-order valence-electron chi connectivity index (χ0n) is 16.0. The predicted molar refractivity (Wildman–Crippen MR) is 113 cm³/mol. The van der Waals surface area contributed by atoms with Crippen LogP contribution < -0.4 is 4.90 Å². The van der Waals surface area contributed by atoms with Gasteiger partial charge in [-0.2, -0.15) is 5.10 Å². The molecule has 2 aromatic carbocycles. The molecule has 1 fully saturated rings. The van der Waals surface area contributed by atoms with E-state index in [4.69, 9.17) is 16.6 Å². The molecule has 2 aromatic heterocycles. The van der Waals surface area contributed by atoms with Crippen LogP contribution >= 0.6 is 11.6 Å². The van der Waals surface area contributed by atoms with E-state index < -0.39 is 0 Å². The van der Waals surface area contributed by atoms with Crippen LogP contribution in [0.25, 0.3) is 16.7 Å². The monoisotopic (exact) mass is 391 g/mol. The minimum absolute atomic E-state index is 0.221. The third-order valence-corrected chi connectivity index (χ3v) is 6.33. The summed E-state index contributed by atoms with van der Waals surface area (Å²) in [7, 11) is 0. The summed E-state index contributed by atoms with van der Waals surface area (Å²) in [4.78, 5) is 11.0. The molecule has 5 nitrogen and oxygen atoms in total. The van der Waals surface area contributed by atoms with Gasteiger partial charge in [-0.3, -0.25) is 0 Å². The molecule has 1 saturated heterocycles. The van der Waals surface area contributed by atoms with Gasteiger partial charge in [0.15, 0.2) is 0 Å². The van der Waals surface area contributed by atoms with Crippen molar-refractivity contribution in [2.45, 2.75) is 32.2 Å². The van der Waals surface area contributed by atoms with E-state index in [1.165, 1.54) is 5.69 Å². The molecule has 6 heteroatoms. The van der Waals surface area contributed by atoms with Crippen LogP contribution in [0, 0.1) is 6.92 Å². The molecule has 0 amide bonds. The minimum Gasteiger partial charge on any atom is -0.357 e. The Morgan fingerprint density at radius 3 is 2.71 bits per heavy atom. The number of aromatic amines is 1. The Labute approximate surface area is 169 Å². The number of imidazole rings is 1. The Balaban J connectivity index is 1.64. The second kappa shape index (κ2) is 6.38. The van der Waals surface area contributed by atoms with Gasteiger partial charge in [0.1, 0.15) is 5.82 Å². The van der Waals surface area contributed by atoms with Gasteiger partial charge in [0.05, 0.1) is 27.9 Å². The number of H-pyrrole nitrogens is 1. The number of halogens is 1. The number of aromatic nitrogens is 4. The summed E-state index contributed by atoms with van der Waals surface area (Å²) in [5, 5.41) is 5.20. The second-order valence-corrected chi connectivity index (χ2v) is 8.03. The van der Waals surface area contributed by atoms with Crippen molar-refractivity contribution in [3.05, 3.63) is 71.3 Å². The van der Waals surface area contributed by atoms with Crippen molar-refractivity contribution >= 4 is 28.3 Å². The average Bonchev–Trinajstić information content (AvgIpc) is 3.44. The number of nitrogens with one attached hydrogen (secondary N) is 1. The molecule has 3 heterocycles. The first-order valence-electron chi connectivity index (χ1n) is 9.60. The van der Waals surface area contributed by atoms with E-state index >= 15 is 0 Å². The summed E-state index contributed by atoms with van der Waals surface area (Å²) in [5.74, 6) is 0.987. The maximum atomic E-state index is 6.32. The number of para-hydroxylation sites is 2. The third-order valence-electron chi connectivity index (χ3n) is 5.92. The molecule has 1 atom stereocenters. The molecule has 4 aromatic rings. The topological polar surface area (TPSA) is 49.7 Å². The quantitative estimate of drug-likeness (QED) is 0.520. The number of hydrogen-bond donors (Lipinski definition) is 1. The molecule has 0 spiro atoms. The molecule has 0 bridgehead atoms. The lowest BCUT2D eigenvalue weighted by Gasteiger charge is -2.36. The van der Waals surface area contributed by atoms with Crippen molar-refractivity contribution in [3.8, 4) is 5.69 Å². The van der Waals surface area contributed by atoms with Crippen LogP contribution in [0.1, 0.15) is 31.2 Å². The van der Waals surface area contributed by atoms with Gasteiger partial charge in [-0.1, -0.05) is 23.7 Å². The maximum absolute atomic E-state index is 6.32. The first-order valence-corrected chi connectivity index (χ1v) is 9.98. The number of hydrogen-bond acceptors (Lipinski definition) is 3. The summed E-state index contributed by atoms with van der Waals surface area (Å²) in [6.07, 6.45) is 5.94. The van der Waals surface area contributed by atoms with Gasteiger partial charge in [-0.15, -0.1) is 0 Å². The molecule has 1 aliphatic heterocycles. The highest BCUT2D eigenvalue weighted by Crippen LogP contribution is 2.43. The highest BCUT2D eigenvalue weighted by molar-refractivity contribution is 6.32. The van der Waals surface area contributed by atoms with E-state index in [1.807, 2.05) is 42.2 Å². The van der Waals surface area contributed by atoms with Crippen molar-refractivity contribution in [1.82, 2.24) is 19.7 Å². The second-order valence-electron chi connectivity index (χ2n) is 7.62. The highest BCUT2D eigenvalue weighted by atomic mass is 35.5. The number of rotatable bonds is 3. The predicted octanol–water partition coefficient (Wildman–Crippen LogP) is 5.23. The van der Waals surface area contributed by atoms with Crippen LogP contribution in [0.2, 0.25) is 5.02 Å². The molecular weight excluding hydrogens is 370 g/mol. The molecular formula is C22H22ClN5. The first kappa shape index (κ1) is 17.3. The molecule has 0 aliphatic carbocycles. The maximum Gasteiger partial charge on any atom is 0.132 e. The summed E-state index contributed by atoms with van der Waals surface area (Å²) in [6, 6.07) is 14.3. The van der Waals surface area contributed by atoms with Gasteiger partial charge >= 0.3 is 0 Å². The van der Waals surface area contributed by atoms with E-state index in [-0.39, 0.29) is 5.54 Å². The SMILES string of the molecule is Cc1c(Cl)ccc2[nH]c([C@]3(C)CCCN3c3ccccc3-n3cccn3)nc12. The van der Waals surface area contributed by atoms with E-state index in [0.717, 1.165) is 52.5 Å². The van der Waals surface area contributed by atoms with Crippen LogP contribution in [0.15, 0.2) is 54.9 Å². The molecule has 1 aliphatic rings. The number of aryl methyl sites for hydroxylation is 1.